The Balaban J connectivity index is 1.68. The van der Waals surface area contributed by atoms with E-state index in [1.54, 1.807) is 11.3 Å². The van der Waals surface area contributed by atoms with Crippen LogP contribution in [-0.4, -0.2) is 50.4 Å². The van der Waals surface area contributed by atoms with Gasteiger partial charge in [-0.25, -0.2) is 8.42 Å². The number of piperazine rings is 1. The van der Waals surface area contributed by atoms with Gasteiger partial charge in [0.15, 0.2) is 0 Å². The van der Waals surface area contributed by atoms with Crippen LogP contribution in [0.4, 0.5) is 8.78 Å². The number of alkyl halides is 2. The maximum Gasteiger partial charge on any atom is 0.387 e. The van der Waals surface area contributed by atoms with Crippen molar-refractivity contribution in [3.05, 3.63) is 45.1 Å². The van der Waals surface area contributed by atoms with E-state index in [4.69, 9.17) is 0 Å². The molecule has 1 aromatic heterocycles. The predicted octanol–water partition coefficient (Wildman–Crippen LogP) is 3.62. The predicted molar refractivity (Wildman–Crippen MR) is 99.1 cm³/mol. The topological polar surface area (TPSA) is 49.9 Å². The van der Waals surface area contributed by atoms with Crippen molar-refractivity contribution >= 4 is 37.3 Å². The number of hydrogen-bond donors (Lipinski definition) is 0. The van der Waals surface area contributed by atoms with Gasteiger partial charge in [-0.1, -0.05) is 12.1 Å². The van der Waals surface area contributed by atoms with Crippen molar-refractivity contribution in [3.63, 3.8) is 0 Å². The summed E-state index contributed by atoms with van der Waals surface area (Å²) in [6.07, 6.45) is 0. The first kappa shape index (κ1) is 19.7. The molecular weight excluding hydrogens is 450 g/mol. The van der Waals surface area contributed by atoms with Gasteiger partial charge in [-0.05, 0) is 40.2 Å². The standard InChI is InChI=1S/C16H17BrF2N2O3S2/c17-15-6-5-12(25-15)11-20-7-9-21(10-8-20)26(22,23)14-4-2-1-3-13(14)24-16(18)19/h1-6,16H,7-11H2. The molecule has 3 rings (SSSR count). The van der Waals surface area contributed by atoms with Gasteiger partial charge in [0.2, 0.25) is 10.0 Å². The summed E-state index contributed by atoms with van der Waals surface area (Å²) in [4.78, 5) is 3.14. The number of para-hydroxylation sites is 1. The highest BCUT2D eigenvalue weighted by atomic mass is 79.9. The van der Waals surface area contributed by atoms with E-state index in [1.165, 1.54) is 33.4 Å². The Labute approximate surface area is 163 Å². The van der Waals surface area contributed by atoms with Gasteiger partial charge in [0.25, 0.3) is 0 Å². The molecule has 0 spiro atoms. The number of hydrogen-bond acceptors (Lipinski definition) is 5. The molecule has 0 atom stereocenters. The minimum Gasteiger partial charge on any atom is -0.433 e. The van der Waals surface area contributed by atoms with Gasteiger partial charge < -0.3 is 4.74 Å². The van der Waals surface area contributed by atoms with Crippen LogP contribution < -0.4 is 4.74 Å². The number of ether oxygens (including phenoxy) is 1. The van der Waals surface area contributed by atoms with Gasteiger partial charge in [-0.3, -0.25) is 4.90 Å². The molecule has 0 N–H and O–H groups in total. The average Bonchev–Trinajstić information content (AvgIpc) is 3.00. The third-order valence-electron chi connectivity index (χ3n) is 4.02. The molecule has 5 nitrogen and oxygen atoms in total. The second-order valence-electron chi connectivity index (χ2n) is 5.71. The summed E-state index contributed by atoms with van der Waals surface area (Å²) >= 11 is 5.08. The first-order valence-electron chi connectivity index (χ1n) is 7.87. The lowest BCUT2D eigenvalue weighted by atomic mass is 10.3. The van der Waals surface area contributed by atoms with Crippen LogP contribution in [0.15, 0.2) is 45.1 Å². The fourth-order valence-electron chi connectivity index (χ4n) is 2.78. The van der Waals surface area contributed by atoms with Crippen molar-refractivity contribution < 1.29 is 21.9 Å². The van der Waals surface area contributed by atoms with Crippen LogP contribution >= 0.6 is 27.3 Å². The molecule has 1 aliphatic rings. The van der Waals surface area contributed by atoms with E-state index in [9.17, 15) is 17.2 Å². The zero-order chi connectivity index (χ0) is 18.7. The molecule has 1 aliphatic heterocycles. The highest BCUT2D eigenvalue weighted by molar-refractivity contribution is 9.11. The third kappa shape index (κ3) is 4.61. The first-order chi connectivity index (χ1) is 12.4. The Kier molecular flexibility index (Phi) is 6.29. The van der Waals surface area contributed by atoms with E-state index < -0.39 is 16.6 Å². The number of sulfonamides is 1. The fourth-order valence-corrected chi connectivity index (χ4v) is 5.85. The SMILES string of the molecule is O=S(=O)(c1ccccc1OC(F)F)N1CCN(Cc2ccc(Br)s2)CC1. The van der Waals surface area contributed by atoms with Crippen molar-refractivity contribution in [2.24, 2.45) is 0 Å². The highest BCUT2D eigenvalue weighted by Gasteiger charge is 2.31. The van der Waals surface area contributed by atoms with E-state index in [0.29, 0.717) is 26.2 Å². The molecule has 2 heterocycles. The van der Waals surface area contributed by atoms with Crippen LogP contribution in [0.5, 0.6) is 5.75 Å². The monoisotopic (exact) mass is 466 g/mol. The molecule has 0 radical (unpaired) electrons. The van der Waals surface area contributed by atoms with Gasteiger partial charge in [0, 0.05) is 37.6 Å². The molecule has 2 aromatic rings. The minimum absolute atomic E-state index is 0.226. The maximum atomic E-state index is 12.8. The van der Waals surface area contributed by atoms with E-state index in [2.05, 4.69) is 25.6 Å². The molecule has 10 heteroatoms. The summed E-state index contributed by atoms with van der Waals surface area (Å²) in [5.41, 5.74) is 0. The van der Waals surface area contributed by atoms with Crippen molar-refractivity contribution in [2.45, 2.75) is 18.1 Å². The van der Waals surface area contributed by atoms with Crippen molar-refractivity contribution in [3.8, 4) is 5.75 Å². The van der Waals surface area contributed by atoms with Gasteiger partial charge in [0.05, 0.1) is 3.79 Å². The number of benzene rings is 1. The van der Waals surface area contributed by atoms with Crippen LogP contribution in [0.2, 0.25) is 0 Å². The molecule has 0 saturated carbocycles. The van der Waals surface area contributed by atoms with Gasteiger partial charge in [-0.2, -0.15) is 13.1 Å². The van der Waals surface area contributed by atoms with Gasteiger partial charge in [0.1, 0.15) is 10.6 Å². The van der Waals surface area contributed by atoms with Gasteiger partial charge >= 0.3 is 6.61 Å². The molecular formula is C16H17BrF2N2O3S2. The largest absolute Gasteiger partial charge is 0.433 e. The summed E-state index contributed by atoms with van der Waals surface area (Å²) in [6, 6.07) is 9.52. The summed E-state index contributed by atoms with van der Waals surface area (Å²) in [6.45, 7) is -0.558. The number of thiophene rings is 1. The molecule has 0 amide bonds. The average molecular weight is 467 g/mol. The van der Waals surface area contributed by atoms with E-state index in [0.717, 1.165) is 10.3 Å². The molecule has 142 valence electrons. The second-order valence-corrected chi connectivity index (χ2v) is 10.2. The van der Waals surface area contributed by atoms with Crippen LogP contribution in [0, 0.1) is 0 Å². The summed E-state index contributed by atoms with van der Waals surface area (Å²) in [5, 5.41) is 0. The van der Waals surface area contributed by atoms with E-state index in [1.807, 2.05) is 12.1 Å². The minimum atomic E-state index is -3.89. The van der Waals surface area contributed by atoms with Crippen LogP contribution in [0.1, 0.15) is 4.88 Å². The lowest BCUT2D eigenvalue weighted by Crippen LogP contribution is -2.48. The van der Waals surface area contributed by atoms with Crippen LogP contribution in [0.3, 0.4) is 0 Å². The van der Waals surface area contributed by atoms with Crippen LogP contribution in [0.25, 0.3) is 0 Å². The first-order valence-corrected chi connectivity index (χ1v) is 10.9. The lowest BCUT2D eigenvalue weighted by Gasteiger charge is -2.33. The summed E-state index contributed by atoms with van der Waals surface area (Å²) < 4.78 is 57.5. The Morgan fingerprint density at radius 3 is 2.42 bits per heavy atom. The highest BCUT2D eigenvalue weighted by Crippen LogP contribution is 2.29. The Bertz CT molecular complexity index is 853. The third-order valence-corrected chi connectivity index (χ3v) is 7.57. The van der Waals surface area contributed by atoms with Gasteiger partial charge in [-0.15, -0.1) is 11.3 Å². The van der Waals surface area contributed by atoms with Crippen molar-refractivity contribution in [2.75, 3.05) is 26.2 Å². The molecule has 0 unspecified atom stereocenters. The number of nitrogens with zero attached hydrogens (tertiary/aromatic N) is 2. The van der Waals surface area contributed by atoms with Crippen LogP contribution in [-0.2, 0) is 16.6 Å². The zero-order valence-corrected chi connectivity index (χ0v) is 16.9. The normalized spacial score (nSPS) is 16.9. The molecule has 1 fully saturated rings. The smallest absolute Gasteiger partial charge is 0.387 e. The lowest BCUT2D eigenvalue weighted by molar-refractivity contribution is -0.0518. The maximum absolute atomic E-state index is 12.8. The van der Waals surface area contributed by atoms with E-state index in [-0.39, 0.29) is 10.6 Å². The van der Waals surface area contributed by atoms with Crippen molar-refractivity contribution in [1.82, 2.24) is 9.21 Å². The quantitative estimate of drug-likeness (QED) is 0.652. The fraction of sp³-hybridized carbons (Fsp3) is 0.375. The number of halogens is 3. The molecule has 1 aromatic carbocycles. The second kappa shape index (κ2) is 8.30. The Hall–Kier alpha value is -1.07. The summed E-state index contributed by atoms with van der Waals surface area (Å²) in [5.74, 6) is -0.326. The molecule has 0 aliphatic carbocycles. The Morgan fingerprint density at radius 2 is 1.81 bits per heavy atom. The molecule has 0 bridgehead atoms. The number of rotatable bonds is 6. The van der Waals surface area contributed by atoms with Crippen molar-refractivity contribution in [1.29, 1.82) is 0 Å². The summed E-state index contributed by atoms with van der Waals surface area (Å²) in [7, 11) is -3.89. The zero-order valence-electron chi connectivity index (χ0n) is 13.6. The molecule has 26 heavy (non-hydrogen) atoms. The Morgan fingerprint density at radius 1 is 1.12 bits per heavy atom. The van der Waals surface area contributed by atoms with E-state index >= 15 is 0 Å². The molecule has 1 saturated heterocycles.